The van der Waals surface area contributed by atoms with Gasteiger partial charge >= 0.3 is 0 Å². The molecule has 0 unspecified atom stereocenters. The minimum absolute atomic E-state index is 0.302. The third kappa shape index (κ3) is 2.51. The summed E-state index contributed by atoms with van der Waals surface area (Å²) in [6, 6.07) is 13.7. The zero-order valence-electron chi connectivity index (χ0n) is 11.3. The summed E-state index contributed by atoms with van der Waals surface area (Å²) in [7, 11) is 0. The number of nitrogens with zero attached hydrogens (tertiary/aromatic N) is 5. The predicted octanol–water partition coefficient (Wildman–Crippen LogP) is 2.92. The molecule has 0 saturated carbocycles. The van der Waals surface area contributed by atoms with Gasteiger partial charge in [-0.15, -0.1) is 16.9 Å². The van der Waals surface area contributed by atoms with E-state index in [0.717, 1.165) is 16.1 Å². The molecule has 0 aliphatic heterocycles. The first-order valence-electron chi connectivity index (χ1n) is 6.24. The van der Waals surface area contributed by atoms with E-state index < -0.39 is 0 Å². The fraction of sp³-hybridized carbons (Fsp3) is 0.0667. The van der Waals surface area contributed by atoms with Crippen molar-refractivity contribution in [3.63, 3.8) is 0 Å². The van der Waals surface area contributed by atoms with Gasteiger partial charge in [0.15, 0.2) is 5.69 Å². The highest BCUT2D eigenvalue weighted by atomic mass is 32.2. The molecule has 0 N–H and O–H groups in total. The number of rotatable bonds is 3. The first kappa shape index (κ1) is 13.3. The second-order valence-corrected chi connectivity index (χ2v) is 5.13. The van der Waals surface area contributed by atoms with E-state index in [1.54, 1.807) is 28.8 Å². The van der Waals surface area contributed by atoms with Crippen molar-refractivity contribution in [3.8, 4) is 23.0 Å². The van der Waals surface area contributed by atoms with Crippen LogP contribution in [-0.4, -0.2) is 26.2 Å². The molecule has 0 fully saturated rings. The molecular formula is C15H11N5S. The number of thioether (sulfide) groups is 1. The van der Waals surface area contributed by atoms with E-state index in [9.17, 15) is 5.26 Å². The van der Waals surface area contributed by atoms with Crippen molar-refractivity contribution in [3.05, 3.63) is 54.5 Å². The van der Waals surface area contributed by atoms with Crippen LogP contribution in [0.25, 0.3) is 16.9 Å². The van der Waals surface area contributed by atoms with Crippen molar-refractivity contribution in [2.45, 2.75) is 4.90 Å². The standard InChI is InChI=1S/C15H11N5S/c1-21-13-4-2-3-12(9-13)20-15(14(10-16)18-19-20)11-5-7-17-8-6-11/h2-9H,1H3. The number of pyridine rings is 1. The van der Waals surface area contributed by atoms with Crippen LogP contribution in [0.4, 0.5) is 0 Å². The molecule has 6 heteroatoms. The summed E-state index contributed by atoms with van der Waals surface area (Å²) in [6.07, 6.45) is 5.39. The number of aromatic nitrogens is 4. The summed E-state index contributed by atoms with van der Waals surface area (Å²) >= 11 is 1.66. The van der Waals surface area contributed by atoms with Crippen LogP contribution in [-0.2, 0) is 0 Å². The van der Waals surface area contributed by atoms with Crippen LogP contribution in [0, 0.1) is 11.3 Å². The SMILES string of the molecule is CSc1cccc(-n2nnc(C#N)c2-c2ccncc2)c1. The second-order valence-electron chi connectivity index (χ2n) is 4.25. The third-order valence-electron chi connectivity index (χ3n) is 3.03. The lowest BCUT2D eigenvalue weighted by atomic mass is 10.1. The highest BCUT2D eigenvalue weighted by molar-refractivity contribution is 7.98. The minimum atomic E-state index is 0.302. The maximum atomic E-state index is 9.26. The van der Waals surface area contributed by atoms with Crippen LogP contribution in [0.1, 0.15) is 5.69 Å². The topological polar surface area (TPSA) is 67.4 Å². The normalized spacial score (nSPS) is 10.3. The zero-order valence-corrected chi connectivity index (χ0v) is 12.1. The number of hydrogen-bond donors (Lipinski definition) is 0. The van der Waals surface area contributed by atoms with E-state index in [1.807, 2.05) is 42.7 Å². The summed E-state index contributed by atoms with van der Waals surface area (Å²) in [5.41, 5.74) is 2.72. The van der Waals surface area contributed by atoms with Crippen LogP contribution in [0.3, 0.4) is 0 Å². The van der Waals surface area contributed by atoms with Gasteiger partial charge in [0.2, 0.25) is 0 Å². The molecule has 1 aromatic carbocycles. The van der Waals surface area contributed by atoms with Gasteiger partial charge in [0.25, 0.3) is 0 Å². The van der Waals surface area contributed by atoms with Gasteiger partial charge in [0.1, 0.15) is 11.8 Å². The fourth-order valence-corrected chi connectivity index (χ4v) is 2.50. The van der Waals surface area contributed by atoms with Crippen LogP contribution in [0.15, 0.2) is 53.7 Å². The highest BCUT2D eigenvalue weighted by Crippen LogP contribution is 2.26. The van der Waals surface area contributed by atoms with E-state index in [-0.39, 0.29) is 0 Å². The Kier molecular flexibility index (Phi) is 3.67. The number of benzene rings is 1. The molecule has 2 heterocycles. The molecule has 2 aromatic heterocycles. The first-order chi connectivity index (χ1) is 10.3. The lowest BCUT2D eigenvalue weighted by Gasteiger charge is -2.07. The van der Waals surface area contributed by atoms with Crippen molar-refractivity contribution >= 4 is 11.8 Å². The highest BCUT2D eigenvalue weighted by Gasteiger charge is 2.16. The lowest BCUT2D eigenvalue weighted by molar-refractivity contribution is 0.805. The Labute approximate surface area is 126 Å². The van der Waals surface area contributed by atoms with Crippen molar-refractivity contribution in [1.29, 1.82) is 5.26 Å². The summed E-state index contributed by atoms with van der Waals surface area (Å²) in [6.45, 7) is 0. The molecule has 0 amide bonds. The molecule has 0 aliphatic rings. The molecule has 0 atom stereocenters. The average Bonchev–Trinajstić information content (AvgIpc) is 2.99. The van der Waals surface area contributed by atoms with Gasteiger partial charge in [-0.05, 0) is 36.6 Å². The van der Waals surface area contributed by atoms with Gasteiger partial charge in [-0.25, -0.2) is 4.68 Å². The van der Waals surface area contributed by atoms with E-state index in [1.165, 1.54) is 0 Å². The Morgan fingerprint density at radius 2 is 2.00 bits per heavy atom. The molecule has 0 bridgehead atoms. The Hall–Kier alpha value is -2.65. The summed E-state index contributed by atoms with van der Waals surface area (Å²) in [5.74, 6) is 0. The summed E-state index contributed by atoms with van der Waals surface area (Å²) in [5, 5.41) is 17.3. The Balaban J connectivity index is 2.20. The van der Waals surface area contributed by atoms with Crippen LogP contribution in [0.2, 0.25) is 0 Å². The third-order valence-corrected chi connectivity index (χ3v) is 3.75. The summed E-state index contributed by atoms with van der Waals surface area (Å²) < 4.78 is 1.69. The van der Waals surface area contributed by atoms with Gasteiger partial charge in [-0.2, -0.15) is 5.26 Å². The Bertz CT molecular complexity index is 804. The molecule has 5 nitrogen and oxygen atoms in total. The molecule has 3 aromatic rings. The molecule has 0 spiro atoms. The molecular weight excluding hydrogens is 282 g/mol. The average molecular weight is 293 g/mol. The smallest absolute Gasteiger partial charge is 0.191 e. The minimum Gasteiger partial charge on any atom is -0.265 e. The van der Waals surface area contributed by atoms with Crippen molar-refractivity contribution in [1.82, 2.24) is 20.0 Å². The van der Waals surface area contributed by atoms with Gasteiger partial charge < -0.3 is 0 Å². The molecule has 0 saturated heterocycles. The first-order valence-corrected chi connectivity index (χ1v) is 7.46. The van der Waals surface area contributed by atoms with Crippen molar-refractivity contribution in [2.24, 2.45) is 0 Å². The van der Waals surface area contributed by atoms with Crippen molar-refractivity contribution < 1.29 is 0 Å². The van der Waals surface area contributed by atoms with Crippen LogP contribution >= 0.6 is 11.8 Å². The van der Waals surface area contributed by atoms with Gasteiger partial charge in [0.05, 0.1) is 5.69 Å². The zero-order chi connectivity index (χ0) is 14.7. The van der Waals surface area contributed by atoms with Gasteiger partial charge in [-0.1, -0.05) is 11.3 Å². The fourth-order valence-electron chi connectivity index (χ4n) is 2.05. The van der Waals surface area contributed by atoms with E-state index in [0.29, 0.717) is 11.4 Å². The van der Waals surface area contributed by atoms with E-state index in [4.69, 9.17) is 0 Å². The number of hydrogen-bond acceptors (Lipinski definition) is 5. The number of nitriles is 1. The predicted molar refractivity (Wildman–Crippen MR) is 81.1 cm³/mol. The molecule has 3 rings (SSSR count). The van der Waals surface area contributed by atoms with Gasteiger partial charge in [0, 0.05) is 22.9 Å². The maximum absolute atomic E-state index is 9.26. The van der Waals surface area contributed by atoms with E-state index in [2.05, 4.69) is 21.4 Å². The monoisotopic (exact) mass is 293 g/mol. The Morgan fingerprint density at radius 3 is 2.71 bits per heavy atom. The van der Waals surface area contributed by atoms with E-state index >= 15 is 0 Å². The molecule has 102 valence electrons. The van der Waals surface area contributed by atoms with Crippen LogP contribution in [0.5, 0.6) is 0 Å². The van der Waals surface area contributed by atoms with Gasteiger partial charge in [-0.3, -0.25) is 4.98 Å². The Morgan fingerprint density at radius 1 is 1.19 bits per heavy atom. The van der Waals surface area contributed by atoms with Crippen LogP contribution < -0.4 is 0 Å². The largest absolute Gasteiger partial charge is 0.265 e. The molecule has 0 aliphatic carbocycles. The van der Waals surface area contributed by atoms with Crippen molar-refractivity contribution in [2.75, 3.05) is 6.26 Å². The second kappa shape index (κ2) is 5.77. The maximum Gasteiger partial charge on any atom is 0.191 e. The summed E-state index contributed by atoms with van der Waals surface area (Å²) in [4.78, 5) is 5.13. The molecule has 21 heavy (non-hydrogen) atoms. The molecule has 0 radical (unpaired) electrons. The lowest BCUT2D eigenvalue weighted by Crippen LogP contribution is -2.00. The quantitative estimate of drug-likeness (QED) is 0.695.